The molecule has 0 saturated carbocycles. The summed E-state index contributed by atoms with van der Waals surface area (Å²) in [6.45, 7) is 10.5. The van der Waals surface area contributed by atoms with E-state index in [4.69, 9.17) is 4.99 Å². The molecule has 3 heteroatoms. The molecule has 27 heavy (non-hydrogen) atoms. The Morgan fingerprint density at radius 3 is 2.63 bits per heavy atom. The number of halogens is 1. The predicted molar refractivity (Wildman–Crippen MR) is 118 cm³/mol. The zero-order chi connectivity index (χ0) is 19.2. The van der Waals surface area contributed by atoms with Gasteiger partial charge in [0.1, 0.15) is 0 Å². The minimum absolute atomic E-state index is 0.0148. The summed E-state index contributed by atoms with van der Waals surface area (Å²) in [6.07, 6.45) is 5.82. The van der Waals surface area contributed by atoms with E-state index in [1.807, 2.05) is 6.08 Å². The topological polar surface area (TPSA) is 24.4 Å². The van der Waals surface area contributed by atoms with Gasteiger partial charge in [-0.3, -0.25) is 0 Å². The van der Waals surface area contributed by atoms with Crippen LogP contribution in [0.4, 0.5) is 0 Å². The Morgan fingerprint density at radius 2 is 1.85 bits per heavy atom. The number of alkyl halides is 1. The van der Waals surface area contributed by atoms with Crippen LogP contribution in [0.1, 0.15) is 37.5 Å². The summed E-state index contributed by atoms with van der Waals surface area (Å²) in [6, 6.07) is 15.5. The van der Waals surface area contributed by atoms with Gasteiger partial charge in [0.2, 0.25) is 0 Å². The normalized spacial score (nSPS) is 20.1. The lowest BCUT2D eigenvalue weighted by Gasteiger charge is -2.25. The molecule has 0 aromatic heterocycles. The van der Waals surface area contributed by atoms with E-state index in [9.17, 15) is 0 Å². The van der Waals surface area contributed by atoms with Crippen LogP contribution in [0.5, 0.6) is 0 Å². The third-order valence-electron chi connectivity index (χ3n) is 5.49. The van der Waals surface area contributed by atoms with Crippen molar-refractivity contribution in [1.82, 2.24) is 5.32 Å². The van der Waals surface area contributed by atoms with Crippen LogP contribution in [0.2, 0.25) is 0 Å². The minimum Gasteiger partial charge on any atom is -0.358 e. The number of hydrogen-bond acceptors (Lipinski definition) is 2. The molecule has 1 atom stereocenters. The Kier molecular flexibility index (Phi) is 4.43. The van der Waals surface area contributed by atoms with E-state index in [0.717, 1.165) is 22.5 Å². The van der Waals surface area contributed by atoms with Gasteiger partial charge in [-0.05, 0) is 51.2 Å². The summed E-state index contributed by atoms with van der Waals surface area (Å²) in [5.74, 6) is 0. The van der Waals surface area contributed by atoms with E-state index in [2.05, 4.69) is 97.1 Å². The number of nitrogens with one attached hydrogen (secondary N) is 1. The Morgan fingerprint density at radius 1 is 1.11 bits per heavy atom. The molecule has 1 heterocycles. The van der Waals surface area contributed by atoms with Crippen molar-refractivity contribution in [2.24, 2.45) is 4.99 Å². The fraction of sp³-hybridized carbons (Fsp3) is 0.208. The van der Waals surface area contributed by atoms with Crippen LogP contribution in [-0.4, -0.2) is 10.8 Å². The molecule has 136 valence electrons. The van der Waals surface area contributed by atoms with E-state index < -0.39 is 0 Å². The Labute approximate surface area is 169 Å². The highest BCUT2D eigenvalue weighted by Gasteiger charge is 2.35. The van der Waals surface area contributed by atoms with Gasteiger partial charge in [0.05, 0.1) is 5.71 Å². The molecular weight excluding hydrogens is 396 g/mol. The first-order chi connectivity index (χ1) is 12.9. The molecule has 0 radical (unpaired) electrons. The largest absolute Gasteiger partial charge is 0.358 e. The monoisotopic (exact) mass is 418 g/mol. The second-order valence-corrected chi connectivity index (χ2v) is 8.39. The smallest absolute Gasteiger partial charge is 0.175 e. The van der Waals surface area contributed by atoms with Crippen molar-refractivity contribution in [3.05, 3.63) is 95.2 Å². The van der Waals surface area contributed by atoms with Crippen LogP contribution in [0, 0.1) is 0 Å². The van der Waals surface area contributed by atoms with Gasteiger partial charge in [-0.2, -0.15) is 0 Å². The molecule has 1 N–H and O–H groups in total. The van der Waals surface area contributed by atoms with Crippen LogP contribution in [-0.2, 0) is 5.41 Å². The zero-order valence-electron chi connectivity index (χ0n) is 15.9. The summed E-state index contributed by atoms with van der Waals surface area (Å²) in [7, 11) is 0. The van der Waals surface area contributed by atoms with E-state index in [1.165, 1.54) is 22.3 Å². The SMILES string of the molecule is C=C/C=C\C1=C(C)NC(Br)N=C1c1ccc2c(c1)C(C)(C)c1ccccc1-2. The maximum absolute atomic E-state index is 4.84. The molecule has 1 aliphatic heterocycles. The summed E-state index contributed by atoms with van der Waals surface area (Å²) in [5.41, 5.74) is 9.74. The van der Waals surface area contributed by atoms with Crippen LogP contribution < -0.4 is 5.32 Å². The molecule has 4 rings (SSSR count). The van der Waals surface area contributed by atoms with Crippen LogP contribution >= 0.6 is 15.9 Å². The van der Waals surface area contributed by atoms with E-state index >= 15 is 0 Å². The molecule has 0 fully saturated rings. The average Bonchev–Trinajstić information content (AvgIpc) is 2.88. The molecule has 0 spiro atoms. The molecular formula is C24H23BrN2. The van der Waals surface area contributed by atoms with E-state index in [1.54, 1.807) is 6.08 Å². The lowest BCUT2D eigenvalue weighted by atomic mass is 9.81. The number of benzene rings is 2. The molecule has 2 nitrogen and oxygen atoms in total. The Balaban J connectivity index is 1.87. The van der Waals surface area contributed by atoms with Gasteiger partial charge in [-0.15, -0.1) is 0 Å². The first-order valence-electron chi connectivity index (χ1n) is 9.17. The second kappa shape index (κ2) is 6.65. The fourth-order valence-electron chi connectivity index (χ4n) is 4.10. The van der Waals surface area contributed by atoms with Gasteiger partial charge in [-0.1, -0.05) is 75.1 Å². The lowest BCUT2D eigenvalue weighted by molar-refractivity contribution is 0.660. The van der Waals surface area contributed by atoms with Crippen molar-refractivity contribution < 1.29 is 0 Å². The van der Waals surface area contributed by atoms with Gasteiger partial charge >= 0.3 is 0 Å². The molecule has 1 unspecified atom stereocenters. The number of allylic oxidation sites excluding steroid dienone is 5. The molecule has 0 bridgehead atoms. The molecule has 1 aliphatic carbocycles. The van der Waals surface area contributed by atoms with Crippen molar-refractivity contribution >= 4 is 21.6 Å². The van der Waals surface area contributed by atoms with Gasteiger partial charge in [0.25, 0.3) is 0 Å². The number of nitrogens with zero attached hydrogens (tertiary/aromatic N) is 1. The third-order valence-corrected chi connectivity index (χ3v) is 5.93. The standard InChI is InChI=1S/C24H23BrN2/c1-5-6-9-17-15(2)26-23(25)27-22(17)16-12-13-19-18-10-7-8-11-20(18)24(3,4)21(19)14-16/h5-14,23,26H,1H2,2-4H3/b9-6-. The van der Waals surface area contributed by atoms with Crippen molar-refractivity contribution in [3.63, 3.8) is 0 Å². The van der Waals surface area contributed by atoms with Gasteiger partial charge < -0.3 is 5.32 Å². The van der Waals surface area contributed by atoms with Crippen molar-refractivity contribution in [3.8, 4) is 11.1 Å². The molecule has 0 saturated heterocycles. The highest BCUT2D eigenvalue weighted by atomic mass is 79.9. The van der Waals surface area contributed by atoms with Crippen LogP contribution in [0.3, 0.4) is 0 Å². The molecule has 0 amide bonds. The summed E-state index contributed by atoms with van der Waals surface area (Å²) >= 11 is 3.59. The minimum atomic E-state index is -0.119. The highest BCUT2D eigenvalue weighted by Crippen LogP contribution is 2.48. The predicted octanol–water partition coefficient (Wildman–Crippen LogP) is 6.08. The maximum atomic E-state index is 4.84. The summed E-state index contributed by atoms with van der Waals surface area (Å²) in [5, 5.41) is 3.23. The molecule has 2 aromatic rings. The Hall–Kier alpha value is -2.39. The third kappa shape index (κ3) is 2.90. The van der Waals surface area contributed by atoms with E-state index in [-0.39, 0.29) is 10.5 Å². The van der Waals surface area contributed by atoms with Gasteiger partial charge in [0.15, 0.2) is 5.08 Å². The fourth-order valence-corrected chi connectivity index (χ4v) is 4.65. The quantitative estimate of drug-likeness (QED) is 0.364. The number of aliphatic imine (C=N–C) groups is 1. The van der Waals surface area contributed by atoms with Crippen LogP contribution in [0.15, 0.2) is 83.5 Å². The number of rotatable bonds is 3. The Bertz CT molecular complexity index is 1020. The van der Waals surface area contributed by atoms with Crippen molar-refractivity contribution in [1.29, 1.82) is 0 Å². The van der Waals surface area contributed by atoms with Gasteiger partial charge in [-0.25, -0.2) is 4.99 Å². The zero-order valence-corrected chi connectivity index (χ0v) is 17.5. The van der Waals surface area contributed by atoms with Gasteiger partial charge in [0, 0.05) is 22.2 Å². The van der Waals surface area contributed by atoms with Crippen molar-refractivity contribution in [2.75, 3.05) is 0 Å². The van der Waals surface area contributed by atoms with Crippen molar-refractivity contribution in [2.45, 2.75) is 31.3 Å². The summed E-state index contributed by atoms with van der Waals surface area (Å²) in [4.78, 5) is 4.84. The first-order valence-corrected chi connectivity index (χ1v) is 10.1. The first kappa shape index (κ1) is 18.0. The second-order valence-electron chi connectivity index (χ2n) is 7.52. The van der Waals surface area contributed by atoms with E-state index in [0.29, 0.717) is 0 Å². The lowest BCUT2D eigenvalue weighted by Crippen LogP contribution is -2.29. The summed E-state index contributed by atoms with van der Waals surface area (Å²) < 4.78 is 0. The number of hydrogen-bond donors (Lipinski definition) is 1. The van der Waals surface area contributed by atoms with Crippen LogP contribution in [0.25, 0.3) is 11.1 Å². The molecule has 2 aliphatic rings. The highest BCUT2D eigenvalue weighted by molar-refractivity contribution is 9.09. The maximum Gasteiger partial charge on any atom is 0.175 e. The average molecular weight is 419 g/mol. The molecule has 2 aromatic carbocycles. The number of fused-ring (bicyclic) bond motifs is 3.